The Kier molecular flexibility index (Phi) is 3.96. The second kappa shape index (κ2) is 6.41. The monoisotopic (exact) mass is 321 g/mol. The predicted octanol–water partition coefficient (Wildman–Crippen LogP) is 1.17. The minimum atomic E-state index is 0.0832. The molecule has 1 aliphatic rings. The summed E-state index contributed by atoms with van der Waals surface area (Å²) < 4.78 is 3.51. The van der Waals surface area contributed by atoms with Crippen LogP contribution in [0.4, 0.5) is 0 Å². The van der Waals surface area contributed by atoms with Gasteiger partial charge in [0.25, 0.3) is 5.56 Å². The Balaban J connectivity index is 1.59. The molecule has 0 spiro atoms. The molecule has 3 aromatic rings. The number of hydrogen-bond acceptors (Lipinski definition) is 4. The van der Waals surface area contributed by atoms with E-state index in [9.17, 15) is 4.79 Å². The lowest BCUT2D eigenvalue weighted by Gasteiger charge is -2.10. The highest BCUT2D eigenvalue weighted by molar-refractivity contribution is 5.34. The molecule has 1 N–H and O–H groups in total. The molecule has 3 heterocycles. The summed E-state index contributed by atoms with van der Waals surface area (Å²) in [6.07, 6.45) is 6.91. The van der Waals surface area contributed by atoms with Gasteiger partial charge in [0.1, 0.15) is 0 Å². The van der Waals surface area contributed by atoms with Crippen LogP contribution >= 0.6 is 0 Å². The fourth-order valence-corrected chi connectivity index (χ4v) is 3.06. The van der Waals surface area contributed by atoms with Crippen LogP contribution in [0.1, 0.15) is 16.8 Å². The zero-order valence-corrected chi connectivity index (χ0v) is 13.4. The second-order valence-electron chi connectivity index (χ2n) is 5.97. The number of hydrogen-bond donors (Lipinski definition) is 1. The van der Waals surface area contributed by atoms with Crippen molar-refractivity contribution in [3.05, 3.63) is 76.2 Å². The number of fused-ring (bicyclic) bond motifs is 1. The van der Waals surface area contributed by atoms with Crippen LogP contribution in [0.3, 0.4) is 0 Å². The van der Waals surface area contributed by atoms with Crippen molar-refractivity contribution in [2.45, 2.75) is 19.4 Å². The van der Waals surface area contributed by atoms with Crippen LogP contribution in [0, 0.1) is 0 Å². The Morgan fingerprint density at radius 1 is 1.12 bits per heavy atom. The fraction of sp³-hybridized carbons (Fsp3) is 0.278. The molecule has 1 aromatic carbocycles. The third-order valence-electron chi connectivity index (χ3n) is 4.37. The fourth-order valence-electron chi connectivity index (χ4n) is 3.06. The van der Waals surface area contributed by atoms with Gasteiger partial charge < -0.3 is 5.32 Å². The number of benzene rings is 1. The van der Waals surface area contributed by atoms with Crippen molar-refractivity contribution >= 4 is 0 Å². The highest BCUT2D eigenvalue weighted by atomic mass is 16.1. The van der Waals surface area contributed by atoms with Crippen LogP contribution in [0.25, 0.3) is 5.69 Å². The van der Waals surface area contributed by atoms with Crippen molar-refractivity contribution in [1.82, 2.24) is 24.6 Å². The van der Waals surface area contributed by atoms with Crippen LogP contribution in [-0.2, 0) is 19.4 Å². The molecule has 6 nitrogen and oxygen atoms in total. The second-order valence-corrected chi connectivity index (χ2v) is 5.97. The van der Waals surface area contributed by atoms with Crippen LogP contribution in [0.5, 0.6) is 0 Å². The molecule has 4 rings (SSSR count). The van der Waals surface area contributed by atoms with Gasteiger partial charge in [-0.15, -0.1) is 0 Å². The Morgan fingerprint density at radius 2 is 1.96 bits per heavy atom. The van der Waals surface area contributed by atoms with E-state index in [1.807, 2.05) is 41.2 Å². The normalized spacial score (nSPS) is 14.2. The highest BCUT2D eigenvalue weighted by Crippen LogP contribution is 2.10. The lowest BCUT2D eigenvalue weighted by Crippen LogP contribution is -2.27. The molecule has 6 heteroatoms. The van der Waals surface area contributed by atoms with E-state index in [1.165, 1.54) is 0 Å². The molecular weight excluding hydrogens is 302 g/mol. The molecule has 0 radical (unpaired) electrons. The molecule has 0 aliphatic carbocycles. The number of rotatable bonds is 3. The van der Waals surface area contributed by atoms with Gasteiger partial charge in [-0.3, -0.25) is 9.36 Å². The molecule has 0 fully saturated rings. The van der Waals surface area contributed by atoms with E-state index in [0.29, 0.717) is 6.54 Å². The molecule has 0 amide bonds. The first-order chi connectivity index (χ1) is 11.8. The molecule has 1 aliphatic heterocycles. The highest BCUT2D eigenvalue weighted by Gasteiger charge is 2.14. The first-order valence-electron chi connectivity index (χ1n) is 8.18. The van der Waals surface area contributed by atoms with Crippen molar-refractivity contribution in [1.29, 1.82) is 0 Å². The van der Waals surface area contributed by atoms with Gasteiger partial charge in [-0.2, -0.15) is 5.10 Å². The molecule has 2 aromatic heterocycles. The van der Waals surface area contributed by atoms with E-state index in [1.54, 1.807) is 17.1 Å². The van der Waals surface area contributed by atoms with Crippen molar-refractivity contribution in [3.63, 3.8) is 0 Å². The average Bonchev–Trinajstić information content (AvgIpc) is 3.03. The summed E-state index contributed by atoms with van der Waals surface area (Å²) in [7, 11) is 0. The van der Waals surface area contributed by atoms with E-state index in [-0.39, 0.29) is 5.56 Å². The quantitative estimate of drug-likeness (QED) is 0.786. The van der Waals surface area contributed by atoms with Crippen molar-refractivity contribution in [2.75, 3.05) is 13.1 Å². The minimum Gasteiger partial charge on any atom is -0.316 e. The van der Waals surface area contributed by atoms with Crippen LogP contribution in [-0.4, -0.2) is 32.4 Å². The van der Waals surface area contributed by atoms with Gasteiger partial charge in [0, 0.05) is 30.9 Å². The number of nitrogens with one attached hydrogen (secondary N) is 1. The Labute approximate surface area is 139 Å². The predicted molar refractivity (Wildman–Crippen MR) is 91.4 cm³/mol. The largest absolute Gasteiger partial charge is 0.316 e. The van der Waals surface area contributed by atoms with Crippen molar-refractivity contribution in [3.8, 4) is 5.69 Å². The first kappa shape index (κ1) is 14.8. The summed E-state index contributed by atoms with van der Waals surface area (Å²) in [5, 5.41) is 7.53. The third-order valence-corrected chi connectivity index (χ3v) is 4.37. The Morgan fingerprint density at radius 3 is 2.75 bits per heavy atom. The van der Waals surface area contributed by atoms with Gasteiger partial charge >= 0.3 is 0 Å². The third kappa shape index (κ3) is 2.88. The molecule has 0 bridgehead atoms. The van der Waals surface area contributed by atoms with E-state index < -0.39 is 0 Å². The van der Waals surface area contributed by atoms with E-state index in [0.717, 1.165) is 48.4 Å². The number of aromatic nitrogens is 4. The number of nitrogens with zero attached hydrogens (tertiary/aromatic N) is 4. The zero-order valence-electron chi connectivity index (χ0n) is 13.4. The Hall–Kier alpha value is -2.73. The van der Waals surface area contributed by atoms with Crippen LogP contribution < -0.4 is 10.9 Å². The molecule has 24 heavy (non-hydrogen) atoms. The lowest BCUT2D eigenvalue weighted by atomic mass is 10.1. The van der Waals surface area contributed by atoms with Crippen molar-refractivity contribution in [2.24, 2.45) is 0 Å². The Bertz CT molecular complexity index is 881. The minimum absolute atomic E-state index is 0.0832. The summed E-state index contributed by atoms with van der Waals surface area (Å²) in [5.74, 6) is 0. The summed E-state index contributed by atoms with van der Waals surface area (Å²) in [4.78, 5) is 17.2. The maximum atomic E-state index is 12.7. The van der Waals surface area contributed by atoms with Gasteiger partial charge in [-0.25, -0.2) is 9.67 Å². The van der Waals surface area contributed by atoms with Gasteiger partial charge in [0.15, 0.2) is 0 Å². The topological polar surface area (TPSA) is 64.7 Å². The standard InChI is InChI=1S/C18H19N5O/c24-18-16-6-9-19-10-7-17(16)20-13-22(18)12-14-2-4-15(5-3-14)23-11-1-8-21-23/h1-5,8,11,13,19H,6-7,9-10,12H2. The van der Waals surface area contributed by atoms with Gasteiger partial charge in [-0.05, 0) is 36.7 Å². The van der Waals surface area contributed by atoms with Gasteiger partial charge in [-0.1, -0.05) is 12.1 Å². The van der Waals surface area contributed by atoms with Crippen LogP contribution in [0.2, 0.25) is 0 Å². The molecular formula is C18H19N5O. The summed E-state index contributed by atoms with van der Waals surface area (Å²) >= 11 is 0. The summed E-state index contributed by atoms with van der Waals surface area (Å²) in [5.41, 5.74) is 3.95. The van der Waals surface area contributed by atoms with E-state index >= 15 is 0 Å². The first-order valence-corrected chi connectivity index (χ1v) is 8.18. The lowest BCUT2D eigenvalue weighted by molar-refractivity contribution is 0.704. The van der Waals surface area contributed by atoms with Gasteiger partial charge in [0.2, 0.25) is 0 Å². The average molecular weight is 321 g/mol. The van der Waals surface area contributed by atoms with Crippen molar-refractivity contribution < 1.29 is 0 Å². The maximum Gasteiger partial charge on any atom is 0.257 e. The van der Waals surface area contributed by atoms with E-state index in [4.69, 9.17) is 0 Å². The van der Waals surface area contributed by atoms with E-state index in [2.05, 4.69) is 15.4 Å². The summed E-state index contributed by atoms with van der Waals surface area (Å²) in [6.45, 7) is 2.26. The van der Waals surface area contributed by atoms with Gasteiger partial charge in [0.05, 0.1) is 24.3 Å². The van der Waals surface area contributed by atoms with Crippen LogP contribution in [0.15, 0.2) is 53.8 Å². The molecule has 0 atom stereocenters. The molecule has 0 saturated heterocycles. The maximum absolute atomic E-state index is 12.7. The SMILES string of the molecule is O=c1c2c(ncn1Cc1ccc(-n3cccn3)cc1)CCNCC2. The molecule has 0 unspecified atom stereocenters. The molecule has 0 saturated carbocycles. The molecule has 122 valence electrons. The zero-order chi connectivity index (χ0) is 16.4. The summed E-state index contributed by atoms with van der Waals surface area (Å²) in [6, 6.07) is 9.96. The smallest absolute Gasteiger partial charge is 0.257 e.